The maximum atomic E-state index is 13.9. The summed E-state index contributed by atoms with van der Waals surface area (Å²) < 4.78 is 34.8. The van der Waals surface area contributed by atoms with Crippen LogP contribution in [0.2, 0.25) is 0 Å². The number of hydrogen-bond acceptors (Lipinski definition) is 5. The number of sulfonamides is 1. The van der Waals surface area contributed by atoms with Gasteiger partial charge < -0.3 is 15.0 Å². The molecule has 8 nitrogen and oxygen atoms in total. The largest absolute Gasteiger partial charge is 0.497 e. The minimum Gasteiger partial charge on any atom is -0.497 e. The number of amides is 2. The van der Waals surface area contributed by atoms with Crippen LogP contribution in [-0.2, 0) is 26.2 Å². The van der Waals surface area contributed by atoms with E-state index in [0.717, 1.165) is 26.3 Å². The summed E-state index contributed by atoms with van der Waals surface area (Å²) in [6.45, 7) is 5.52. The molecule has 1 N–H and O–H groups in total. The van der Waals surface area contributed by atoms with Gasteiger partial charge in [-0.3, -0.25) is 13.9 Å². The van der Waals surface area contributed by atoms with Gasteiger partial charge in [0, 0.05) is 17.6 Å². The molecule has 0 saturated carbocycles. The number of carbonyl (C=O) groups excluding carboxylic acids is 2. The molecule has 3 rings (SSSR count). The van der Waals surface area contributed by atoms with Crippen molar-refractivity contribution in [2.45, 2.75) is 44.7 Å². The van der Waals surface area contributed by atoms with Crippen molar-refractivity contribution in [1.82, 2.24) is 10.2 Å². The first kappa shape index (κ1) is 30.2. The highest BCUT2D eigenvalue weighted by atomic mass is 79.9. The Labute approximate surface area is 239 Å². The van der Waals surface area contributed by atoms with Gasteiger partial charge in [-0.15, -0.1) is 0 Å². The number of halogens is 1. The number of ether oxygens (including phenoxy) is 1. The lowest BCUT2D eigenvalue weighted by atomic mass is 10.1. The van der Waals surface area contributed by atoms with Crippen LogP contribution in [0.25, 0.3) is 0 Å². The Bertz CT molecular complexity index is 1380. The number of anilines is 1. The third-order valence-corrected chi connectivity index (χ3v) is 8.52. The zero-order valence-electron chi connectivity index (χ0n) is 22.6. The normalized spacial score (nSPS) is 11.9. The molecule has 0 aliphatic carbocycles. The molecule has 10 heteroatoms. The third-order valence-electron chi connectivity index (χ3n) is 6.21. The van der Waals surface area contributed by atoms with Crippen molar-refractivity contribution >= 4 is 43.5 Å². The van der Waals surface area contributed by atoms with Crippen molar-refractivity contribution in [3.8, 4) is 5.75 Å². The topological polar surface area (TPSA) is 96.0 Å². The number of rotatable bonds is 12. The molecule has 0 aliphatic heterocycles. The highest BCUT2D eigenvalue weighted by Gasteiger charge is 2.32. The zero-order valence-corrected chi connectivity index (χ0v) is 25.0. The Kier molecular flexibility index (Phi) is 10.5. The minimum absolute atomic E-state index is 0.0666. The Morgan fingerprint density at radius 1 is 1.03 bits per heavy atom. The third kappa shape index (κ3) is 7.83. The molecule has 0 saturated heterocycles. The van der Waals surface area contributed by atoms with E-state index in [-0.39, 0.29) is 17.3 Å². The fourth-order valence-electron chi connectivity index (χ4n) is 3.92. The Hall–Kier alpha value is -3.37. The monoisotopic (exact) mass is 615 g/mol. The molecule has 39 heavy (non-hydrogen) atoms. The summed E-state index contributed by atoms with van der Waals surface area (Å²) in [5.41, 5.74) is 1.99. The second-order valence-corrected chi connectivity index (χ2v) is 11.9. The Morgan fingerprint density at radius 3 is 2.31 bits per heavy atom. The van der Waals surface area contributed by atoms with Crippen LogP contribution in [0.15, 0.2) is 82.2 Å². The quantitative estimate of drug-likeness (QED) is 0.312. The molecule has 208 valence electrons. The van der Waals surface area contributed by atoms with Gasteiger partial charge in [0.05, 0.1) is 17.7 Å². The van der Waals surface area contributed by atoms with Crippen LogP contribution in [0, 0.1) is 6.92 Å². The van der Waals surface area contributed by atoms with Gasteiger partial charge in [-0.1, -0.05) is 52.7 Å². The Morgan fingerprint density at radius 2 is 1.69 bits per heavy atom. The zero-order chi connectivity index (χ0) is 28.6. The summed E-state index contributed by atoms with van der Waals surface area (Å²) in [5, 5.41) is 2.83. The predicted molar refractivity (Wildman–Crippen MR) is 156 cm³/mol. The second-order valence-electron chi connectivity index (χ2n) is 9.14. The van der Waals surface area contributed by atoms with Gasteiger partial charge in [0.15, 0.2) is 0 Å². The number of nitrogens with zero attached hydrogens (tertiary/aromatic N) is 2. The van der Waals surface area contributed by atoms with E-state index in [1.807, 2.05) is 19.9 Å². The van der Waals surface area contributed by atoms with Gasteiger partial charge in [-0.2, -0.15) is 0 Å². The van der Waals surface area contributed by atoms with E-state index < -0.39 is 28.5 Å². The van der Waals surface area contributed by atoms with Crippen LogP contribution < -0.4 is 14.4 Å². The molecule has 0 aliphatic rings. The summed E-state index contributed by atoms with van der Waals surface area (Å²) in [5.74, 6) is -0.221. The lowest BCUT2D eigenvalue weighted by Gasteiger charge is -2.32. The van der Waals surface area contributed by atoms with Crippen molar-refractivity contribution in [3.05, 3.63) is 88.4 Å². The highest BCUT2D eigenvalue weighted by molar-refractivity contribution is 9.10. The molecular weight excluding hydrogens is 582 g/mol. The molecule has 3 aromatic rings. The molecule has 0 unspecified atom stereocenters. The SMILES string of the molecule is CCCNC(=O)[C@H](C)N(Cc1cccc(OC)c1)C(=O)CN(c1ccc(Br)cc1)S(=O)(=O)c1ccc(C)cc1. The van der Waals surface area contributed by atoms with Gasteiger partial charge in [0.25, 0.3) is 10.0 Å². The number of hydrogen-bond donors (Lipinski definition) is 1. The summed E-state index contributed by atoms with van der Waals surface area (Å²) >= 11 is 3.38. The van der Waals surface area contributed by atoms with Crippen molar-refractivity contribution < 1.29 is 22.7 Å². The van der Waals surface area contributed by atoms with E-state index >= 15 is 0 Å². The average Bonchev–Trinajstić information content (AvgIpc) is 2.93. The van der Waals surface area contributed by atoms with Crippen molar-refractivity contribution in [2.24, 2.45) is 0 Å². The van der Waals surface area contributed by atoms with Crippen molar-refractivity contribution in [3.63, 3.8) is 0 Å². The van der Waals surface area contributed by atoms with E-state index in [1.165, 1.54) is 17.0 Å². The maximum absolute atomic E-state index is 13.9. The van der Waals surface area contributed by atoms with Crippen LogP contribution in [0.5, 0.6) is 5.75 Å². The molecule has 3 aromatic carbocycles. The molecule has 0 fully saturated rings. The average molecular weight is 617 g/mol. The van der Waals surface area contributed by atoms with Gasteiger partial charge >= 0.3 is 0 Å². The summed E-state index contributed by atoms with van der Waals surface area (Å²) in [6, 6.07) is 19.5. The summed E-state index contributed by atoms with van der Waals surface area (Å²) in [4.78, 5) is 28.3. The fraction of sp³-hybridized carbons (Fsp3) is 0.310. The van der Waals surface area contributed by atoms with Crippen LogP contribution in [0.4, 0.5) is 5.69 Å². The van der Waals surface area contributed by atoms with Gasteiger partial charge in [-0.05, 0) is 74.4 Å². The molecule has 0 aromatic heterocycles. The van der Waals surface area contributed by atoms with E-state index in [0.29, 0.717) is 18.0 Å². The van der Waals surface area contributed by atoms with E-state index in [9.17, 15) is 18.0 Å². The van der Waals surface area contributed by atoms with Crippen LogP contribution in [0.1, 0.15) is 31.4 Å². The predicted octanol–water partition coefficient (Wildman–Crippen LogP) is 4.90. The summed E-state index contributed by atoms with van der Waals surface area (Å²) in [7, 11) is -2.56. The lowest BCUT2D eigenvalue weighted by Crippen LogP contribution is -2.51. The molecule has 0 radical (unpaired) electrons. The standard InChI is InChI=1S/C29H34BrN3O5S/c1-5-17-31-29(35)22(3)32(19-23-7-6-8-26(18-23)38-4)28(34)20-33(25-13-11-24(30)12-14-25)39(36,37)27-15-9-21(2)10-16-27/h6-16,18,22H,5,17,19-20H2,1-4H3,(H,31,35)/t22-/m0/s1. The van der Waals surface area contributed by atoms with E-state index in [4.69, 9.17) is 4.74 Å². The molecular formula is C29H34BrN3O5S. The first-order chi connectivity index (χ1) is 18.6. The maximum Gasteiger partial charge on any atom is 0.264 e. The molecule has 2 amide bonds. The highest BCUT2D eigenvalue weighted by Crippen LogP contribution is 2.26. The van der Waals surface area contributed by atoms with Gasteiger partial charge in [0.2, 0.25) is 11.8 Å². The second kappa shape index (κ2) is 13.6. The van der Waals surface area contributed by atoms with Crippen LogP contribution >= 0.6 is 15.9 Å². The van der Waals surface area contributed by atoms with Crippen LogP contribution in [0.3, 0.4) is 0 Å². The number of benzene rings is 3. The van der Waals surface area contributed by atoms with Gasteiger partial charge in [0.1, 0.15) is 18.3 Å². The van der Waals surface area contributed by atoms with Crippen molar-refractivity contribution in [2.75, 3.05) is 24.5 Å². The molecule has 0 bridgehead atoms. The first-order valence-corrected chi connectivity index (χ1v) is 14.8. The van der Waals surface area contributed by atoms with Crippen LogP contribution in [-0.4, -0.2) is 51.4 Å². The first-order valence-electron chi connectivity index (χ1n) is 12.6. The Balaban J connectivity index is 2.02. The molecule has 0 heterocycles. The number of methoxy groups -OCH3 is 1. The number of carbonyl (C=O) groups is 2. The molecule has 0 spiro atoms. The fourth-order valence-corrected chi connectivity index (χ4v) is 5.60. The van der Waals surface area contributed by atoms with E-state index in [1.54, 1.807) is 68.6 Å². The number of aryl methyl sites for hydroxylation is 1. The summed E-state index contributed by atoms with van der Waals surface area (Å²) in [6.07, 6.45) is 0.744. The molecule has 1 atom stereocenters. The van der Waals surface area contributed by atoms with E-state index in [2.05, 4.69) is 21.2 Å². The minimum atomic E-state index is -4.11. The number of nitrogens with one attached hydrogen (secondary N) is 1. The van der Waals surface area contributed by atoms with Gasteiger partial charge in [-0.25, -0.2) is 8.42 Å². The smallest absolute Gasteiger partial charge is 0.264 e. The van der Waals surface area contributed by atoms with Crippen molar-refractivity contribution in [1.29, 1.82) is 0 Å². The lowest BCUT2D eigenvalue weighted by molar-refractivity contribution is -0.139.